The van der Waals surface area contributed by atoms with E-state index in [0.29, 0.717) is 16.7 Å². The first-order chi connectivity index (χ1) is 13.0. The van der Waals surface area contributed by atoms with Crippen molar-refractivity contribution in [2.45, 2.75) is 6.61 Å². The van der Waals surface area contributed by atoms with E-state index in [4.69, 9.17) is 4.74 Å². The molecule has 27 heavy (non-hydrogen) atoms. The zero-order valence-electron chi connectivity index (χ0n) is 14.0. The van der Waals surface area contributed by atoms with Crippen molar-refractivity contribution in [3.8, 4) is 0 Å². The minimum Gasteiger partial charge on any atom is -0.457 e. The molecule has 5 nitrogen and oxygen atoms in total. The number of non-ortho nitro benzene ring substituents is 1. The van der Waals surface area contributed by atoms with Crippen molar-refractivity contribution in [2.75, 3.05) is 0 Å². The number of nitro groups is 1. The Morgan fingerprint density at radius 1 is 1.11 bits per heavy atom. The van der Waals surface area contributed by atoms with Gasteiger partial charge in [0.2, 0.25) is 0 Å². The van der Waals surface area contributed by atoms with E-state index < -0.39 is 10.9 Å². The number of nitrogens with zero attached hydrogens (tertiary/aromatic N) is 1. The number of benzene rings is 2. The van der Waals surface area contributed by atoms with E-state index in [1.807, 2.05) is 11.4 Å². The fourth-order valence-corrected chi connectivity index (χ4v) is 3.06. The Hall–Kier alpha value is -3.32. The highest BCUT2D eigenvalue weighted by Gasteiger charge is 2.15. The predicted octanol–water partition coefficient (Wildman–Crippen LogP) is 5.08. The van der Waals surface area contributed by atoms with Gasteiger partial charge >= 0.3 is 5.97 Å². The lowest BCUT2D eigenvalue weighted by Crippen LogP contribution is -2.06. The van der Waals surface area contributed by atoms with E-state index >= 15 is 0 Å². The monoisotopic (exact) mass is 383 g/mol. The smallest absolute Gasteiger partial charge is 0.339 e. The Morgan fingerprint density at radius 2 is 1.81 bits per heavy atom. The van der Waals surface area contributed by atoms with Gasteiger partial charge in [0.25, 0.3) is 5.69 Å². The predicted molar refractivity (Wildman–Crippen MR) is 101 cm³/mol. The van der Waals surface area contributed by atoms with Gasteiger partial charge in [-0.1, -0.05) is 18.2 Å². The summed E-state index contributed by atoms with van der Waals surface area (Å²) in [4.78, 5) is 23.5. The number of rotatable bonds is 6. The van der Waals surface area contributed by atoms with Gasteiger partial charge in [0.15, 0.2) is 0 Å². The van der Waals surface area contributed by atoms with Crippen molar-refractivity contribution in [1.82, 2.24) is 0 Å². The molecule has 0 radical (unpaired) electrons. The number of thiophene rings is 1. The van der Waals surface area contributed by atoms with Crippen molar-refractivity contribution in [3.05, 3.63) is 98.0 Å². The van der Waals surface area contributed by atoms with Crippen molar-refractivity contribution >= 4 is 34.6 Å². The first-order valence-corrected chi connectivity index (χ1v) is 8.82. The molecule has 0 saturated heterocycles. The van der Waals surface area contributed by atoms with Gasteiger partial charge < -0.3 is 4.74 Å². The molecule has 1 aromatic heterocycles. The molecule has 0 saturated carbocycles. The molecule has 0 aliphatic carbocycles. The second-order valence-corrected chi connectivity index (χ2v) is 6.53. The maximum absolute atomic E-state index is 13.1. The molecule has 0 fully saturated rings. The third kappa shape index (κ3) is 4.86. The number of carbonyl (C=O) groups excluding carboxylic acids is 1. The molecule has 3 rings (SSSR count). The van der Waals surface area contributed by atoms with Crippen molar-refractivity contribution < 1.29 is 18.8 Å². The summed E-state index contributed by atoms with van der Waals surface area (Å²) in [6.45, 7) is -0.0110. The van der Waals surface area contributed by atoms with Crippen LogP contribution in [0.1, 0.15) is 16.0 Å². The fourth-order valence-electron chi connectivity index (χ4n) is 2.33. The summed E-state index contributed by atoms with van der Waals surface area (Å²) in [6.07, 6.45) is 1.64. The normalized spacial score (nSPS) is 11.2. The summed E-state index contributed by atoms with van der Waals surface area (Å²) in [5, 5.41) is 12.5. The van der Waals surface area contributed by atoms with Crippen LogP contribution in [-0.2, 0) is 16.1 Å². The first kappa shape index (κ1) is 18.5. The Kier molecular flexibility index (Phi) is 5.73. The van der Waals surface area contributed by atoms with Gasteiger partial charge in [-0.3, -0.25) is 10.1 Å². The van der Waals surface area contributed by atoms with Gasteiger partial charge in [0.05, 0.1) is 10.5 Å². The lowest BCUT2D eigenvalue weighted by molar-refractivity contribution is -0.384. The third-order valence-electron chi connectivity index (χ3n) is 3.70. The molecule has 0 N–H and O–H groups in total. The van der Waals surface area contributed by atoms with Crippen LogP contribution >= 0.6 is 11.3 Å². The summed E-state index contributed by atoms with van der Waals surface area (Å²) in [5.41, 5.74) is 1.65. The fraction of sp³-hybridized carbons (Fsp3) is 0.0500. The number of esters is 1. The summed E-state index contributed by atoms with van der Waals surface area (Å²) in [5.74, 6) is -0.884. The van der Waals surface area contributed by atoms with E-state index in [9.17, 15) is 19.3 Å². The van der Waals surface area contributed by atoms with Gasteiger partial charge in [-0.2, -0.15) is 0 Å². The van der Waals surface area contributed by atoms with Crippen LogP contribution in [0.2, 0.25) is 0 Å². The quantitative estimate of drug-likeness (QED) is 0.258. The van der Waals surface area contributed by atoms with Gasteiger partial charge in [0.1, 0.15) is 12.4 Å². The molecule has 0 aliphatic rings. The highest BCUT2D eigenvalue weighted by Crippen LogP contribution is 2.25. The van der Waals surface area contributed by atoms with Crippen LogP contribution in [0, 0.1) is 15.9 Å². The van der Waals surface area contributed by atoms with E-state index in [1.165, 1.54) is 35.6 Å². The Morgan fingerprint density at radius 3 is 2.41 bits per heavy atom. The Bertz CT molecular complexity index is 964. The summed E-state index contributed by atoms with van der Waals surface area (Å²) in [7, 11) is 0. The molecule has 7 heteroatoms. The summed E-state index contributed by atoms with van der Waals surface area (Å²) < 4.78 is 18.5. The Labute approximate surface area is 158 Å². The number of hydrogen-bond donors (Lipinski definition) is 0. The molecule has 0 bridgehead atoms. The number of nitro benzene ring substituents is 1. The average molecular weight is 383 g/mol. The van der Waals surface area contributed by atoms with Gasteiger partial charge in [-0.25, -0.2) is 9.18 Å². The van der Waals surface area contributed by atoms with Crippen LogP contribution in [0.15, 0.2) is 66.0 Å². The van der Waals surface area contributed by atoms with Gasteiger partial charge in [-0.05, 0) is 52.9 Å². The van der Waals surface area contributed by atoms with E-state index in [0.717, 1.165) is 4.88 Å². The molecule has 136 valence electrons. The number of carbonyl (C=O) groups is 1. The molecular formula is C20H14FNO4S. The summed E-state index contributed by atoms with van der Waals surface area (Å²) in [6, 6.07) is 15.2. The molecule has 0 unspecified atom stereocenters. The minimum absolute atomic E-state index is 0.0110. The largest absolute Gasteiger partial charge is 0.457 e. The Balaban J connectivity index is 1.77. The molecule has 0 aliphatic heterocycles. The van der Waals surface area contributed by atoms with Crippen LogP contribution < -0.4 is 0 Å². The lowest BCUT2D eigenvalue weighted by Gasteiger charge is -2.08. The third-order valence-corrected chi connectivity index (χ3v) is 4.61. The maximum atomic E-state index is 13.1. The van der Waals surface area contributed by atoms with Gasteiger partial charge in [-0.15, -0.1) is 11.3 Å². The molecule has 0 spiro atoms. The molecule has 0 atom stereocenters. The second kappa shape index (κ2) is 8.37. The topological polar surface area (TPSA) is 69.4 Å². The average Bonchev–Trinajstić information content (AvgIpc) is 3.20. The van der Waals surface area contributed by atoms with Crippen LogP contribution in [0.25, 0.3) is 11.6 Å². The van der Waals surface area contributed by atoms with E-state index in [1.54, 1.807) is 36.4 Å². The number of hydrogen-bond acceptors (Lipinski definition) is 5. The first-order valence-electron chi connectivity index (χ1n) is 7.94. The lowest BCUT2D eigenvalue weighted by atomic mass is 10.1. The van der Waals surface area contributed by atoms with Crippen LogP contribution in [0.5, 0.6) is 0 Å². The molecular weight excluding hydrogens is 369 g/mol. The van der Waals surface area contributed by atoms with Crippen molar-refractivity contribution in [3.63, 3.8) is 0 Å². The van der Waals surface area contributed by atoms with Crippen molar-refractivity contribution in [1.29, 1.82) is 0 Å². The van der Waals surface area contributed by atoms with Gasteiger partial charge in [0, 0.05) is 17.0 Å². The number of halogens is 1. The van der Waals surface area contributed by atoms with Crippen molar-refractivity contribution in [2.24, 2.45) is 0 Å². The van der Waals surface area contributed by atoms with E-state index in [-0.39, 0.29) is 18.1 Å². The standard InChI is InChI=1S/C20H14FNO4S/c21-16-7-3-14(4-8-16)12-18(19-2-1-11-27-19)20(23)26-13-15-5-9-17(10-6-15)22(24)25/h1-12H,13H2/b18-12+. The molecule has 0 amide bonds. The maximum Gasteiger partial charge on any atom is 0.339 e. The molecule has 3 aromatic rings. The SMILES string of the molecule is O=C(OCc1ccc([N+](=O)[O-])cc1)/C(=C/c1ccc(F)cc1)c1cccs1. The molecule has 2 aromatic carbocycles. The molecule has 1 heterocycles. The highest BCUT2D eigenvalue weighted by atomic mass is 32.1. The van der Waals surface area contributed by atoms with Crippen LogP contribution in [0.3, 0.4) is 0 Å². The van der Waals surface area contributed by atoms with Crippen LogP contribution in [0.4, 0.5) is 10.1 Å². The zero-order chi connectivity index (χ0) is 19.2. The summed E-state index contributed by atoms with van der Waals surface area (Å²) >= 11 is 1.39. The highest BCUT2D eigenvalue weighted by molar-refractivity contribution is 7.11. The second-order valence-electron chi connectivity index (χ2n) is 5.59. The van der Waals surface area contributed by atoms with E-state index in [2.05, 4.69) is 0 Å². The number of ether oxygens (including phenoxy) is 1. The minimum atomic E-state index is -0.528. The van der Waals surface area contributed by atoms with Crippen LogP contribution in [-0.4, -0.2) is 10.9 Å². The zero-order valence-corrected chi connectivity index (χ0v) is 14.8.